The number of Topliss-reactive ketones (excluding diaryl/α,β-unsaturated/α-hetero) is 2. The van der Waals surface area contributed by atoms with E-state index in [4.69, 9.17) is 4.74 Å². The fraction of sp³-hybridized carbons (Fsp3) is 0.400. The van der Waals surface area contributed by atoms with Crippen molar-refractivity contribution in [2.75, 3.05) is 20.2 Å². The van der Waals surface area contributed by atoms with Gasteiger partial charge in [0.1, 0.15) is 12.4 Å². The molecule has 0 aliphatic heterocycles. The summed E-state index contributed by atoms with van der Waals surface area (Å²) in [6.45, 7) is 8.16. The predicted octanol–water partition coefficient (Wildman–Crippen LogP) is 3.42. The highest BCUT2D eigenvalue weighted by molar-refractivity contribution is 6.05. The number of nitrogens with zero attached hydrogens (tertiary/aromatic N) is 1. The number of para-hydroxylation sites is 1. The van der Waals surface area contributed by atoms with Crippen LogP contribution in [0.25, 0.3) is 0 Å². The maximum absolute atomic E-state index is 12.8. The van der Waals surface area contributed by atoms with E-state index in [2.05, 4.69) is 4.98 Å². The molecule has 1 aromatic heterocycles. The number of carbonyl (C=O) groups is 2. The van der Waals surface area contributed by atoms with Gasteiger partial charge in [-0.05, 0) is 52.4 Å². The van der Waals surface area contributed by atoms with Crippen molar-refractivity contribution in [2.24, 2.45) is 0 Å². The van der Waals surface area contributed by atoms with Gasteiger partial charge in [-0.15, -0.1) is 0 Å². The lowest BCUT2D eigenvalue weighted by Crippen LogP contribution is -2.38. The molecule has 0 fully saturated rings. The van der Waals surface area contributed by atoms with Gasteiger partial charge in [-0.25, -0.2) is 0 Å². The Morgan fingerprint density at radius 1 is 1.20 bits per heavy atom. The summed E-state index contributed by atoms with van der Waals surface area (Å²) in [7, 11) is 1.90. The number of aromatic nitrogens is 1. The van der Waals surface area contributed by atoms with Crippen LogP contribution in [0.15, 0.2) is 30.3 Å². The minimum Gasteiger partial charge on any atom is -0.492 e. The van der Waals surface area contributed by atoms with Crippen molar-refractivity contribution in [3.63, 3.8) is 0 Å². The maximum atomic E-state index is 12.8. The number of nitrogens with one attached hydrogen (secondary N) is 1. The van der Waals surface area contributed by atoms with Gasteiger partial charge in [0.15, 0.2) is 11.6 Å². The number of hydrogen-bond acceptors (Lipinski definition) is 4. The lowest BCUT2D eigenvalue weighted by Gasteiger charge is -2.23. The number of carbonyl (C=O) groups excluding carboxylic acids is 2. The van der Waals surface area contributed by atoms with E-state index in [1.807, 2.05) is 63.1 Å². The number of hydrogen-bond donors (Lipinski definition) is 1. The third-order valence-electron chi connectivity index (χ3n) is 4.53. The molecule has 2 aromatic rings. The summed E-state index contributed by atoms with van der Waals surface area (Å²) in [6.07, 6.45) is 0. The van der Waals surface area contributed by atoms with Crippen LogP contribution in [0.5, 0.6) is 5.75 Å². The molecule has 134 valence electrons. The van der Waals surface area contributed by atoms with Gasteiger partial charge in [0.2, 0.25) is 0 Å². The second-order valence-corrected chi connectivity index (χ2v) is 6.36. The Hall–Kier alpha value is -2.40. The molecule has 1 heterocycles. The third-order valence-corrected chi connectivity index (χ3v) is 4.53. The molecule has 5 heteroatoms. The second kappa shape index (κ2) is 8.12. The summed E-state index contributed by atoms with van der Waals surface area (Å²) in [5.74, 6) is 0.773. The number of rotatable bonds is 8. The molecule has 0 aliphatic rings. The Morgan fingerprint density at radius 2 is 1.84 bits per heavy atom. The number of likely N-dealkylation sites (N-methyl/N-ethyl adjacent to an activating group) is 1. The second-order valence-electron chi connectivity index (χ2n) is 6.36. The van der Waals surface area contributed by atoms with Crippen LogP contribution in [0.2, 0.25) is 0 Å². The van der Waals surface area contributed by atoms with Crippen LogP contribution in [-0.2, 0) is 0 Å². The molecule has 1 aromatic carbocycles. The summed E-state index contributed by atoms with van der Waals surface area (Å²) >= 11 is 0. The van der Waals surface area contributed by atoms with E-state index in [1.165, 1.54) is 6.92 Å². The Labute approximate surface area is 149 Å². The van der Waals surface area contributed by atoms with Crippen molar-refractivity contribution in [3.05, 3.63) is 52.8 Å². The summed E-state index contributed by atoms with van der Waals surface area (Å²) in [4.78, 5) is 29.6. The van der Waals surface area contributed by atoms with Gasteiger partial charge in [-0.2, -0.15) is 0 Å². The van der Waals surface area contributed by atoms with Crippen molar-refractivity contribution < 1.29 is 14.3 Å². The van der Waals surface area contributed by atoms with Crippen LogP contribution in [0.4, 0.5) is 0 Å². The summed E-state index contributed by atoms with van der Waals surface area (Å²) in [5, 5.41) is 0. The minimum absolute atomic E-state index is 0.0182. The number of aryl methyl sites for hydroxylation is 1. The van der Waals surface area contributed by atoms with E-state index in [-0.39, 0.29) is 17.6 Å². The van der Waals surface area contributed by atoms with Crippen LogP contribution in [-0.4, -0.2) is 47.7 Å². The van der Waals surface area contributed by atoms with Gasteiger partial charge in [0.05, 0.1) is 11.7 Å². The largest absolute Gasteiger partial charge is 0.492 e. The molecule has 0 radical (unpaired) electrons. The smallest absolute Gasteiger partial charge is 0.196 e. The highest BCUT2D eigenvalue weighted by Gasteiger charge is 2.25. The highest BCUT2D eigenvalue weighted by Crippen LogP contribution is 2.20. The topological polar surface area (TPSA) is 62.4 Å². The number of ketones is 2. The molecule has 0 saturated heterocycles. The van der Waals surface area contributed by atoms with E-state index in [1.54, 1.807) is 0 Å². The maximum Gasteiger partial charge on any atom is 0.196 e. The van der Waals surface area contributed by atoms with E-state index in [0.29, 0.717) is 24.4 Å². The molecule has 5 nitrogen and oxygen atoms in total. The molecular weight excluding hydrogens is 316 g/mol. The van der Waals surface area contributed by atoms with Crippen molar-refractivity contribution >= 4 is 11.6 Å². The quantitative estimate of drug-likeness (QED) is 0.747. The average molecular weight is 342 g/mol. The molecule has 0 spiro atoms. The lowest BCUT2D eigenvalue weighted by atomic mass is 10.0. The first-order valence-electron chi connectivity index (χ1n) is 8.45. The van der Waals surface area contributed by atoms with Gasteiger partial charge in [0.25, 0.3) is 0 Å². The van der Waals surface area contributed by atoms with E-state index >= 15 is 0 Å². The Kier molecular flexibility index (Phi) is 6.15. The average Bonchev–Trinajstić information content (AvgIpc) is 2.88. The third kappa shape index (κ3) is 4.37. The monoisotopic (exact) mass is 342 g/mol. The van der Waals surface area contributed by atoms with Gasteiger partial charge in [0, 0.05) is 17.8 Å². The number of benzene rings is 1. The summed E-state index contributed by atoms with van der Waals surface area (Å²) in [6, 6.07) is 9.29. The normalized spacial score (nSPS) is 12.2. The van der Waals surface area contributed by atoms with E-state index < -0.39 is 0 Å². The van der Waals surface area contributed by atoms with Gasteiger partial charge < -0.3 is 9.72 Å². The van der Waals surface area contributed by atoms with Gasteiger partial charge >= 0.3 is 0 Å². The van der Waals surface area contributed by atoms with E-state index in [9.17, 15) is 9.59 Å². The van der Waals surface area contributed by atoms with E-state index in [0.717, 1.165) is 17.0 Å². The fourth-order valence-corrected chi connectivity index (χ4v) is 2.95. The minimum atomic E-state index is -0.309. The fourth-order valence-electron chi connectivity index (χ4n) is 2.95. The van der Waals surface area contributed by atoms with Crippen LogP contribution in [0.3, 0.4) is 0 Å². The SMILES string of the molecule is CC(=O)c1c(C)[nH]c(C(=O)C(C)N(C)CCOc2ccccc2)c1C. The highest BCUT2D eigenvalue weighted by atomic mass is 16.5. The molecule has 0 amide bonds. The van der Waals surface area contributed by atoms with Gasteiger partial charge in [-0.1, -0.05) is 18.2 Å². The molecule has 1 atom stereocenters. The van der Waals surface area contributed by atoms with Crippen molar-refractivity contribution in [1.29, 1.82) is 0 Å². The summed E-state index contributed by atoms with van der Waals surface area (Å²) < 4.78 is 5.69. The molecule has 0 aliphatic carbocycles. The molecule has 0 saturated carbocycles. The van der Waals surface area contributed by atoms with Crippen molar-refractivity contribution in [3.8, 4) is 5.75 Å². The van der Waals surface area contributed by atoms with Crippen LogP contribution in [0, 0.1) is 13.8 Å². The van der Waals surface area contributed by atoms with Crippen molar-refractivity contribution in [1.82, 2.24) is 9.88 Å². The molecule has 1 unspecified atom stereocenters. The zero-order valence-electron chi connectivity index (χ0n) is 15.6. The molecule has 25 heavy (non-hydrogen) atoms. The molecule has 1 N–H and O–H groups in total. The number of ether oxygens (including phenoxy) is 1. The van der Waals surface area contributed by atoms with Crippen LogP contribution in [0.1, 0.15) is 46.0 Å². The molecule has 2 rings (SSSR count). The predicted molar refractivity (Wildman–Crippen MR) is 98.6 cm³/mol. The zero-order valence-corrected chi connectivity index (χ0v) is 15.6. The molecule has 0 bridgehead atoms. The Bertz CT molecular complexity index is 750. The molecular formula is C20H26N2O3. The van der Waals surface area contributed by atoms with Crippen LogP contribution < -0.4 is 4.74 Å². The first-order valence-corrected chi connectivity index (χ1v) is 8.45. The standard InChI is InChI=1S/C20H26N2O3/c1-13-18(16(4)23)14(2)21-19(13)20(24)15(3)22(5)11-12-25-17-9-7-6-8-10-17/h6-10,15,21H,11-12H2,1-5H3. The Morgan fingerprint density at radius 3 is 2.40 bits per heavy atom. The lowest BCUT2D eigenvalue weighted by molar-refractivity contribution is 0.0848. The van der Waals surface area contributed by atoms with Gasteiger partial charge in [-0.3, -0.25) is 14.5 Å². The Balaban J connectivity index is 1.99. The summed E-state index contributed by atoms with van der Waals surface area (Å²) in [5.41, 5.74) is 2.61. The van der Waals surface area contributed by atoms with Crippen LogP contribution >= 0.6 is 0 Å². The number of aromatic amines is 1. The first kappa shape index (κ1) is 18.9. The number of H-pyrrole nitrogens is 1. The zero-order chi connectivity index (χ0) is 18.6. The van der Waals surface area contributed by atoms with Crippen molar-refractivity contribution in [2.45, 2.75) is 33.7 Å². The first-order chi connectivity index (χ1) is 11.8.